The highest BCUT2D eigenvalue weighted by atomic mass is 35.5. The van der Waals surface area contributed by atoms with E-state index in [2.05, 4.69) is 5.32 Å². The third kappa shape index (κ3) is 4.95. The molecule has 1 aromatic carbocycles. The van der Waals surface area contributed by atoms with Gasteiger partial charge in [0.15, 0.2) is 5.78 Å². The summed E-state index contributed by atoms with van der Waals surface area (Å²) in [6.07, 6.45) is 2.83. The maximum absolute atomic E-state index is 12.1. The number of benzene rings is 1. The van der Waals surface area contributed by atoms with Crippen LogP contribution in [0.25, 0.3) is 5.03 Å². The molecule has 0 aliphatic carbocycles. The number of hydrogen-bond donors (Lipinski definition) is 1. The Morgan fingerprint density at radius 1 is 1.48 bits per heavy atom. The topological polar surface area (TPSA) is 38.3 Å². The molecule has 21 heavy (non-hydrogen) atoms. The quantitative estimate of drug-likeness (QED) is 0.848. The number of allylic oxidation sites excluding steroid dienone is 1. The summed E-state index contributed by atoms with van der Waals surface area (Å²) in [7, 11) is 0. The molecule has 0 aromatic heterocycles. The summed E-state index contributed by atoms with van der Waals surface area (Å²) in [5.41, 5.74) is 0.586. The van der Waals surface area contributed by atoms with E-state index < -0.39 is 0 Å². The Hall–Kier alpha value is -1.16. The van der Waals surface area contributed by atoms with Crippen LogP contribution in [0, 0.1) is 0 Å². The molecular formula is C17H22ClNO2. The molecule has 2 unspecified atom stereocenters. The summed E-state index contributed by atoms with van der Waals surface area (Å²) in [6, 6.07) is 9.51. The lowest BCUT2D eigenvalue weighted by molar-refractivity contribution is -0.121. The first-order valence-corrected chi connectivity index (χ1v) is 7.70. The van der Waals surface area contributed by atoms with E-state index in [9.17, 15) is 4.79 Å². The molecule has 0 radical (unpaired) electrons. The number of ketones is 1. The van der Waals surface area contributed by atoms with Crippen LogP contribution >= 0.6 is 11.6 Å². The van der Waals surface area contributed by atoms with Crippen LogP contribution in [0.3, 0.4) is 0 Å². The van der Waals surface area contributed by atoms with E-state index in [0.717, 1.165) is 18.7 Å². The molecule has 1 N–H and O–H groups in total. The van der Waals surface area contributed by atoms with Gasteiger partial charge in [-0.2, -0.15) is 0 Å². The molecule has 1 fully saturated rings. The third-order valence-corrected chi connectivity index (χ3v) is 3.98. The Morgan fingerprint density at radius 2 is 2.19 bits per heavy atom. The minimum atomic E-state index is -0.277. The van der Waals surface area contributed by atoms with Gasteiger partial charge in [-0.25, -0.2) is 0 Å². The van der Waals surface area contributed by atoms with E-state index >= 15 is 0 Å². The van der Waals surface area contributed by atoms with Crippen molar-refractivity contribution in [3.8, 4) is 0 Å². The average Bonchev–Trinajstić information content (AvgIpc) is 2.46. The molecule has 1 heterocycles. The van der Waals surface area contributed by atoms with Gasteiger partial charge >= 0.3 is 0 Å². The molecule has 0 saturated carbocycles. The van der Waals surface area contributed by atoms with Gasteiger partial charge in [0.1, 0.15) is 0 Å². The Balaban J connectivity index is 1.90. The standard InChI is InChI=1S/C17H22ClNO2/c1-13-11-19-12-17(2,21-13)9-8-15(20)10-16(18)14-6-4-3-5-7-14/h3-7,10,13,19H,8-9,11-12H2,1-2H3. The average molecular weight is 308 g/mol. The highest BCUT2D eigenvalue weighted by Gasteiger charge is 2.31. The number of ether oxygens (including phenoxy) is 1. The molecule has 0 bridgehead atoms. The fraction of sp³-hybridized carbons (Fsp3) is 0.471. The Labute approximate surface area is 131 Å². The summed E-state index contributed by atoms with van der Waals surface area (Å²) < 4.78 is 5.95. The predicted molar refractivity (Wildman–Crippen MR) is 86.3 cm³/mol. The summed E-state index contributed by atoms with van der Waals surface area (Å²) in [5, 5.41) is 3.83. The van der Waals surface area contributed by atoms with Crippen molar-refractivity contribution in [2.45, 2.75) is 38.4 Å². The molecule has 1 aliphatic rings. The van der Waals surface area contributed by atoms with Crippen molar-refractivity contribution in [1.29, 1.82) is 0 Å². The molecule has 0 amide bonds. The predicted octanol–water partition coefficient (Wildman–Crippen LogP) is 3.38. The van der Waals surface area contributed by atoms with Gasteiger partial charge in [-0.3, -0.25) is 4.79 Å². The normalized spacial score (nSPS) is 26.6. The number of hydrogen-bond acceptors (Lipinski definition) is 3. The van der Waals surface area contributed by atoms with Crippen LogP contribution in [-0.4, -0.2) is 30.6 Å². The summed E-state index contributed by atoms with van der Waals surface area (Å²) in [6.45, 7) is 5.73. The lowest BCUT2D eigenvalue weighted by Gasteiger charge is -2.38. The molecule has 2 rings (SSSR count). The van der Waals surface area contributed by atoms with E-state index in [1.807, 2.05) is 44.2 Å². The van der Waals surface area contributed by atoms with Crippen LogP contribution in [0.2, 0.25) is 0 Å². The smallest absolute Gasteiger partial charge is 0.157 e. The number of morpholine rings is 1. The summed E-state index contributed by atoms with van der Waals surface area (Å²) >= 11 is 6.18. The molecule has 1 saturated heterocycles. The second-order valence-corrected chi connectivity index (χ2v) is 6.24. The van der Waals surface area contributed by atoms with E-state index in [0.29, 0.717) is 17.9 Å². The highest BCUT2D eigenvalue weighted by molar-refractivity contribution is 6.50. The SMILES string of the molecule is CC1CNCC(C)(CCC(=O)C=C(Cl)c2ccccc2)O1. The number of halogens is 1. The van der Waals surface area contributed by atoms with E-state index in [4.69, 9.17) is 16.3 Å². The van der Waals surface area contributed by atoms with Crippen molar-refractivity contribution < 1.29 is 9.53 Å². The zero-order valence-electron chi connectivity index (χ0n) is 12.6. The Kier molecular flexibility index (Phi) is 5.57. The molecule has 114 valence electrons. The zero-order valence-corrected chi connectivity index (χ0v) is 13.3. The lowest BCUT2D eigenvalue weighted by atomic mass is 9.96. The molecule has 0 spiro atoms. The lowest BCUT2D eigenvalue weighted by Crippen LogP contribution is -2.51. The van der Waals surface area contributed by atoms with Crippen molar-refractivity contribution >= 4 is 22.4 Å². The number of carbonyl (C=O) groups excluding carboxylic acids is 1. The van der Waals surface area contributed by atoms with Crippen LogP contribution in [0.4, 0.5) is 0 Å². The largest absolute Gasteiger partial charge is 0.370 e. The minimum absolute atomic E-state index is 0.0342. The number of carbonyl (C=O) groups is 1. The van der Waals surface area contributed by atoms with Gasteiger partial charge in [0.25, 0.3) is 0 Å². The van der Waals surface area contributed by atoms with Crippen molar-refractivity contribution in [3.05, 3.63) is 42.0 Å². The number of nitrogens with one attached hydrogen (secondary N) is 1. The van der Waals surface area contributed by atoms with Crippen LogP contribution in [-0.2, 0) is 9.53 Å². The van der Waals surface area contributed by atoms with Crippen LogP contribution in [0.15, 0.2) is 36.4 Å². The highest BCUT2D eigenvalue weighted by Crippen LogP contribution is 2.23. The first kappa shape index (κ1) is 16.2. The Bertz CT molecular complexity index is 515. The molecule has 2 atom stereocenters. The molecular weight excluding hydrogens is 286 g/mol. The summed E-state index contributed by atoms with van der Waals surface area (Å²) in [5.74, 6) is 0.0342. The maximum Gasteiger partial charge on any atom is 0.157 e. The van der Waals surface area contributed by atoms with Gasteiger partial charge < -0.3 is 10.1 Å². The van der Waals surface area contributed by atoms with Crippen molar-refractivity contribution in [3.63, 3.8) is 0 Å². The van der Waals surface area contributed by atoms with Crippen LogP contribution in [0.1, 0.15) is 32.3 Å². The van der Waals surface area contributed by atoms with Crippen molar-refractivity contribution in [2.75, 3.05) is 13.1 Å². The first-order chi connectivity index (χ1) is 9.98. The van der Waals surface area contributed by atoms with Crippen LogP contribution in [0.5, 0.6) is 0 Å². The number of rotatable bonds is 5. The monoisotopic (exact) mass is 307 g/mol. The van der Waals surface area contributed by atoms with Gasteiger partial charge in [-0.15, -0.1) is 0 Å². The van der Waals surface area contributed by atoms with Gasteiger partial charge in [0.2, 0.25) is 0 Å². The van der Waals surface area contributed by atoms with Crippen molar-refractivity contribution in [2.24, 2.45) is 0 Å². The van der Waals surface area contributed by atoms with E-state index in [-0.39, 0.29) is 17.5 Å². The minimum Gasteiger partial charge on any atom is -0.370 e. The fourth-order valence-corrected chi connectivity index (χ4v) is 2.79. The maximum atomic E-state index is 12.1. The molecule has 4 heteroatoms. The van der Waals surface area contributed by atoms with Crippen molar-refractivity contribution in [1.82, 2.24) is 5.32 Å². The first-order valence-electron chi connectivity index (χ1n) is 7.32. The van der Waals surface area contributed by atoms with Gasteiger partial charge in [-0.05, 0) is 25.8 Å². The molecule has 1 aliphatic heterocycles. The molecule has 1 aromatic rings. The van der Waals surface area contributed by atoms with E-state index in [1.54, 1.807) is 0 Å². The van der Waals surface area contributed by atoms with Crippen LogP contribution < -0.4 is 5.32 Å². The second-order valence-electron chi connectivity index (χ2n) is 5.83. The van der Waals surface area contributed by atoms with Gasteiger partial charge in [0.05, 0.1) is 16.7 Å². The van der Waals surface area contributed by atoms with E-state index in [1.165, 1.54) is 6.08 Å². The molecule has 3 nitrogen and oxygen atoms in total. The van der Waals surface area contributed by atoms with Gasteiger partial charge in [-0.1, -0.05) is 41.9 Å². The third-order valence-electron chi connectivity index (χ3n) is 3.65. The Morgan fingerprint density at radius 3 is 2.86 bits per heavy atom. The van der Waals surface area contributed by atoms with Gasteiger partial charge in [0, 0.05) is 25.6 Å². The zero-order chi connectivity index (χ0) is 15.3. The fourth-order valence-electron chi connectivity index (χ4n) is 2.54. The summed E-state index contributed by atoms with van der Waals surface area (Å²) in [4.78, 5) is 12.1. The second kappa shape index (κ2) is 7.21.